The van der Waals surface area contributed by atoms with Gasteiger partial charge in [0.15, 0.2) is 11.6 Å². The first kappa shape index (κ1) is 13.7. The maximum atomic E-state index is 13.8. The van der Waals surface area contributed by atoms with Crippen LogP contribution in [0.3, 0.4) is 0 Å². The summed E-state index contributed by atoms with van der Waals surface area (Å²) in [6.45, 7) is 0. The van der Waals surface area contributed by atoms with E-state index in [4.69, 9.17) is 9.47 Å². The molecule has 0 fully saturated rings. The zero-order valence-electron chi connectivity index (χ0n) is 12.2. The predicted molar refractivity (Wildman–Crippen MR) is 82.1 cm³/mol. The number of fused-ring (bicyclic) bond motifs is 1. The molecule has 0 spiro atoms. The highest BCUT2D eigenvalue weighted by atomic mass is 19.1. The molecule has 0 atom stereocenters. The van der Waals surface area contributed by atoms with Crippen molar-refractivity contribution < 1.29 is 13.9 Å². The fourth-order valence-electron chi connectivity index (χ4n) is 2.78. The summed E-state index contributed by atoms with van der Waals surface area (Å²) < 4.78 is 24.3. The van der Waals surface area contributed by atoms with E-state index in [-0.39, 0.29) is 5.82 Å². The number of halogens is 1. The van der Waals surface area contributed by atoms with E-state index < -0.39 is 0 Å². The molecule has 1 aliphatic rings. The Bertz CT molecular complexity index is 704. The third kappa shape index (κ3) is 2.51. The quantitative estimate of drug-likeness (QED) is 0.835. The van der Waals surface area contributed by atoms with E-state index in [1.807, 2.05) is 18.2 Å². The zero-order valence-corrected chi connectivity index (χ0v) is 12.2. The molecule has 0 saturated carbocycles. The lowest BCUT2D eigenvalue weighted by Crippen LogP contribution is -2.02. The minimum absolute atomic E-state index is 0.320. The van der Waals surface area contributed by atoms with Gasteiger partial charge >= 0.3 is 0 Å². The summed E-state index contributed by atoms with van der Waals surface area (Å²) >= 11 is 0. The number of ether oxygens (including phenoxy) is 2. The second kappa shape index (κ2) is 5.60. The topological polar surface area (TPSA) is 18.5 Å². The van der Waals surface area contributed by atoms with Crippen LogP contribution in [0.4, 0.5) is 4.39 Å². The number of rotatable bonds is 3. The number of hydrogen-bond donors (Lipinski definition) is 0. The number of allylic oxidation sites excluding steroid dienone is 1. The van der Waals surface area contributed by atoms with Gasteiger partial charge in [-0.05, 0) is 47.7 Å². The highest BCUT2D eigenvalue weighted by molar-refractivity contribution is 5.86. The fourth-order valence-corrected chi connectivity index (χ4v) is 2.78. The Kier molecular flexibility index (Phi) is 3.65. The largest absolute Gasteiger partial charge is 0.497 e. The third-order valence-corrected chi connectivity index (χ3v) is 3.86. The normalized spacial score (nSPS) is 13.4. The molecule has 3 heteroatoms. The number of hydrogen-bond acceptors (Lipinski definition) is 2. The van der Waals surface area contributed by atoms with Gasteiger partial charge in [0.2, 0.25) is 0 Å². The highest BCUT2D eigenvalue weighted by Crippen LogP contribution is 2.36. The second-order valence-electron chi connectivity index (χ2n) is 5.05. The zero-order chi connectivity index (χ0) is 14.8. The molecular formula is C18H17FO2. The molecule has 0 bridgehead atoms. The van der Waals surface area contributed by atoms with Crippen LogP contribution in [0.25, 0.3) is 11.6 Å². The lowest BCUT2D eigenvalue weighted by atomic mass is 9.88. The third-order valence-electron chi connectivity index (χ3n) is 3.86. The maximum absolute atomic E-state index is 13.8. The van der Waals surface area contributed by atoms with Gasteiger partial charge in [0.25, 0.3) is 0 Å². The van der Waals surface area contributed by atoms with Crippen molar-refractivity contribution in [3.63, 3.8) is 0 Å². The van der Waals surface area contributed by atoms with Gasteiger partial charge in [0, 0.05) is 5.56 Å². The SMILES string of the molecule is COc1ccc2c(c1)CCC(c1cccc(F)c1OC)=C2. The van der Waals surface area contributed by atoms with Gasteiger partial charge in [-0.15, -0.1) is 0 Å². The van der Waals surface area contributed by atoms with Gasteiger partial charge < -0.3 is 9.47 Å². The molecule has 0 heterocycles. The van der Waals surface area contributed by atoms with Crippen molar-refractivity contribution in [3.05, 3.63) is 58.9 Å². The van der Waals surface area contributed by atoms with E-state index in [0.29, 0.717) is 5.75 Å². The van der Waals surface area contributed by atoms with Crippen LogP contribution in [-0.4, -0.2) is 14.2 Å². The van der Waals surface area contributed by atoms with Gasteiger partial charge in [0.1, 0.15) is 5.75 Å². The van der Waals surface area contributed by atoms with Crippen LogP contribution in [0.1, 0.15) is 23.1 Å². The monoisotopic (exact) mass is 284 g/mol. The van der Waals surface area contributed by atoms with Crippen molar-refractivity contribution in [2.45, 2.75) is 12.8 Å². The van der Waals surface area contributed by atoms with E-state index in [9.17, 15) is 4.39 Å². The van der Waals surface area contributed by atoms with Crippen LogP contribution in [-0.2, 0) is 6.42 Å². The first-order chi connectivity index (χ1) is 10.2. The highest BCUT2D eigenvalue weighted by Gasteiger charge is 2.17. The molecule has 0 aliphatic heterocycles. The molecule has 3 rings (SSSR count). The molecule has 0 saturated heterocycles. The van der Waals surface area contributed by atoms with Crippen LogP contribution >= 0.6 is 0 Å². The Morgan fingerprint density at radius 3 is 2.62 bits per heavy atom. The molecule has 2 aromatic rings. The van der Waals surface area contributed by atoms with E-state index in [0.717, 1.165) is 35.3 Å². The van der Waals surface area contributed by atoms with Gasteiger partial charge in [0.05, 0.1) is 14.2 Å². The van der Waals surface area contributed by atoms with Crippen molar-refractivity contribution in [1.82, 2.24) is 0 Å². The smallest absolute Gasteiger partial charge is 0.165 e. The van der Waals surface area contributed by atoms with Crippen molar-refractivity contribution in [1.29, 1.82) is 0 Å². The number of methoxy groups -OCH3 is 2. The first-order valence-corrected chi connectivity index (χ1v) is 6.93. The molecule has 2 aromatic carbocycles. The average molecular weight is 284 g/mol. The van der Waals surface area contributed by atoms with Crippen molar-refractivity contribution in [2.75, 3.05) is 14.2 Å². The molecule has 0 N–H and O–H groups in total. The van der Waals surface area contributed by atoms with Gasteiger partial charge in [-0.2, -0.15) is 0 Å². The van der Waals surface area contributed by atoms with Crippen LogP contribution < -0.4 is 9.47 Å². The summed E-state index contributed by atoms with van der Waals surface area (Å²) in [4.78, 5) is 0. The lowest BCUT2D eigenvalue weighted by Gasteiger charge is -2.19. The Morgan fingerprint density at radius 2 is 1.86 bits per heavy atom. The maximum Gasteiger partial charge on any atom is 0.165 e. The average Bonchev–Trinajstić information content (AvgIpc) is 2.53. The van der Waals surface area contributed by atoms with Crippen LogP contribution in [0, 0.1) is 5.82 Å². The molecule has 0 unspecified atom stereocenters. The van der Waals surface area contributed by atoms with Crippen LogP contribution in [0.2, 0.25) is 0 Å². The van der Waals surface area contributed by atoms with Crippen molar-refractivity contribution in [2.24, 2.45) is 0 Å². The van der Waals surface area contributed by atoms with E-state index in [2.05, 4.69) is 12.1 Å². The van der Waals surface area contributed by atoms with Crippen LogP contribution in [0.5, 0.6) is 11.5 Å². The van der Waals surface area contributed by atoms with Gasteiger partial charge in [-0.25, -0.2) is 4.39 Å². The van der Waals surface area contributed by atoms with E-state index >= 15 is 0 Å². The molecule has 1 aliphatic carbocycles. The molecular weight excluding hydrogens is 267 g/mol. The molecule has 0 amide bonds. The second-order valence-corrected chi connectivity index (χ2v) is 5.05. The number of para-hydroxylation sites is 1. The summed E-state index contributed by atoms with van der Waals surface area (Å²) in [6, 6.07) is 11.1. The van der Waals surface area contributed by atoms with Crippen LogP contribution in [0.15, 0.2) is 36.4 Å². The summed E-state index contributed by atoms with van der Waals surface area (Å²) in [5.41, 5.74) is 4.35. The fraction of sp³-hybridized carbons (Fsp3) is 0.222. The minimum atomic E-state index is -0.323. The van der Waals surface area contributed by atoms with Gasteiger partial charge in [-0.3, -0.25) is 0 Å². The Labute approximate surface area is 123 Å². The molecule has 2 nitrogen and oxygen atoms in total. The number of aryl methyl sites for hydroxylation is 1. The summed E-state index contributed by atoms with van der Waals surface area (Å²) in [6.07, 6.45) is 3.88. The Morgan fingerprint density at radius 1 is 1.00 bits per heavy atom. The number of benzene rings is 2. The lowest BCUT2D eigenvalue weighted by molar-refractivity contribution is 0.385. The van der Waals surface area contributed by atoms with Crippen molar-refractivity contribution in [3.8, 4) is 11.5 Å². The van der Waals surface area contributed by atoms with E-state index in [1.165, 1.54) is 18.7 Å². The summed E-state index contributed by atoms with van der Waals surface area (Å²) in [5, 5.41) is 0. The minimum Gasteiger partial charge on any atom is -0.497 e. The molecule has 0 radical (unpaired) electrons. The Balaban J connectivity index is 2.05. The van der Waals surface area contributed by atoms with E-state index in [1.54, 1.807) is 13.2 Å². The molecule has 21 heavy (non-hydrogen) atoms. The first-order valence-electron chi connectivity index (χ1n) is 6.93. The van der Waals surface area contributed by atoms with Gasteiger partial charge in [-0.1, -0.05) is 24.3 Å². The molecule has 0 aromatic heterocycles. The summed E-state index contributed by atoms with van der Waals surface area (Å²) in [5.74, 6) is 0.867. The Hall–Kier alpha value is -2.29. The summed E-state index contributed by atoms with van der Waals surface area (Å²) in [7, 11) is 3.17. The van der Waals surface area contributed by atoms with Crippen molar-refractivity contribution >= 4 is 11.6 Å². The molecule has 108 valence electrons. The standard InChI is InChI=1S/C18H17FO2/c1-20-15-9-8-12-10-14(7-6-13(12)11-15)16-4-3-5-17(19)18(16)21-2/h3-5,8-11H,6-7H2,1-2H3. The predicted octanol–water partition coefficient (Wildman–Crippen LogP) is 4.33.